The van der Waals surface area contributed by atoms with Crippen LogP contribution < -0.4 is 5.32 Å². The van der Waals surface area contributed by atoms with E-state index in [1.165, 1.54) is 12.1 Å². The monoisotopic (exact) mass is 289 g/mol. The second-order valence-corrected chi connectivity index (χ2v) is 4.91. The summed E-state index contributed by atoms with van der Waals surface area (Å²) >= 11 is 0. The van der Waals surface area contributed by atoms with Gasteiger partial charge in [-0.2, -0.15) is 0 Å². The minimum atomic E-state index is -0.906. The van der Waals surface area contributed by atoms with Crippen LogP contribution in [0.4, 0.5) is 11.4 Å². The molecule has 7 nitrogen and oxygen atoms in total. The summed E-state index contributed by atoms with van der Waals surface area (Å²) in [6.07, 6.45) is -0.0439. The highest BCUT2D eigenvalue weighted by atomic mass is 16.6. The van der Waals surface area contributed by atoms with E-state index in [1.807, 2.05) is 6.92 Å². The fourth-order valence-corrected chi connectivity index (χ4v) is 2.16. The molecule has 21 heavy (non-hydrogen) atoms. The van der Waals surface area contributed by atoms with Crippen molar-refractivity contribution in [3.8, 4) is 0 Å². The van der Waals surface area contributed by atoms with Crippen LogP contribution in [0.5, 0.6) is 0 Å². The first-order valence-electron chi connectivity index (χ1n) is 6.41. The molecule has 0 amide bonds. The van der Waals surface area contributed by atoms with Crippen LogP contribution in [-0.2, 0) is 4.79 Å². The van der Waals surface area contributed by atoms with Crippen LogP contribution in [0, 0.1) is 17.0 Å². The van der Waals surface area contributed by atoms with Gasteiger partial charge in [0.1, 0.15) is 0 Å². The molecule has 0 spiro atoms. The number of benzene rings is 1. The van der Waals surface area contributed by atoms with E-state index in [2.05, 4.69) is 10.3 Å². The summed E-state index contributed by atoms with van der Waals surface area (Å²) in [5, 5.41) is 23.4. The summed E-state index contributed by atoms with van der Waals surface area (Å²) in [5.74, 6) is -0.906. The zero-order valence-electron chi connectivity index (χ0n) is 11.7. The standard InChI is InChI=1S/C14H15N3O4/c1-8-5-13(16-9(2)6-14(18)19)11-7-10(17(20)21)3-4-12(11)15-8/h3-5,7,9H,6H2,1-2H3,(H,15,16)(H,18,19). The second kappa shape index (κ2) is 5.74. The normalized spacial score (nSPS) is 12.1. The number of hydrogen-bond acceptors (Lipinski definition) is 5. The number of carbonyl (C=O) groups is 1. The summed E-state index contributed by atoms with van der Waals surface area (Å²) < 4.78 is 0. The summed E-state index contributed by atoms with van der Waals surface area (Å²) in [4.78, 5) is 25.5. The minimum Gasteiger partial charge on any atom is -0.481 e. The average molecular weight is 289 g/mol. The fourth-order valence-electron chi connectivity index (χ4n) is 2.16. The van der Waals surface area contributed by atoms with Gasteiger partial charge in [0.2, 0.25) is 0 Å². The predicted octanol–water partition coefficient (Wildman–Crippen LogP) is 2.73. The molecule has 0 radical (unpaired) electrons. The van der Waals surface area contributed by atoms with E-state index in [0.717, 1.165) is 5.69 Å². The van der Waals surface area contributed by atoms with Gasteiger partial charge in [0, 0.05) is 34.9 Å². The summed E-state index contributed by atoms with van der Waals surface area (Å²) in [6.45, 7) is 3.56. The first-order chi connectivity index (χ1) is 9.86. The lowest BCUT2D eigenvalue weighted by Crippen LogP contribution is -2.19. The molecule has 1 unspecified atom stereocenters. The van der Waals surface area contributed by atoms with Crippen LogP contribution in [0.1, 0.15) is 19.0 Å². The number of fused-ring (bicyclic) bond motifs is 1. The van der Waals surface area contributed by atoms with Crippen LogP contribution >= 0.6 is 0 Å². The number of carboxylic acid groups (broad SMARTS) is 1. The number of nitro groups is 1. The van der Waals surface area contributed by atoms with Crippen molar-refractivity contribution in [2.45, 2.75) is 26.3 Å². The Morgan fingerprint density at radius 3 is 2.81 bits per heavy atom. The molecular weight excluding hydrogens is 274 g/mol. The number of anilines is 1. The van der Waals surface area contributed by atoms with Crippen molar-refractivity contribution in [1.82, 2.24) is 4.98 Å². The Balaban J connectivity index is 2.47. The molecule has 0 aliphatic heterocycles. The molecule has 2 aromatic rings. The van der Waals surface area contributed by atoms with Gasteiger partial charge < -0.3 is 10.4 Å². The van der Waals surface area contributed by atoms with Crippen LogP contribution in [-0.4, -0.2) is 27.0 Å². The van der Waals surface area contributed by atoms with Crippen LogP contribution in [0.25, 0.3) is 10.9 Å². The third kappa shape index (κ3) is 3.44. The maximum atomic E-state index is 10.9. The van der Waals surface area contributed by atoms with E-state index >= 15 is 0 Å². The first-order valence-corrected chi connectivity index (χ1v) is 6.41. The number of aromatic nitrogens is 1. The molecule has 1 heterocycles. The third-order valence-corrected chi connectivity index (χ3v) is 3.01. The molecule has 7 heteroatoms. The van der Waals surface area contributed by atoms with Crippen molar-refractivity contribution < 1.29 is 14.8 Å². The van der Waals surface area contributed by atoms with Crippen LogP contribution in [0.3, 0.4) is 0 Å². The highest BCUT2D eigenvalue weighted by molar-refractivity contribution is 5.93. The van der Waals surface area contributed by atoms with Crippen molar-refractivity contribution in [2.24, 2.45) is 0 Å². The van der Waals surface area contributed by atoms with Gasteiger partial charge >= 0.3 is 5.97 Å². The van der Waals surface area contributed by atoms with Crippen molar-refractivity contribution in [1.29, 1.82) is 0 Å². The molecule has 110 valence electrons. The number of carboxylic acids is 1. The number of non-ortho nitro benzene ring substituents is 1. The number of aryl methyl sites for hydroxylation is 1. The molecule has 0 bridgehead atoms. The molecule has 0 fully saturated rings. The quantitative estimate of drug-likeness (QED) is 0.647. The fraction of sp³-hybridized carbons (Fsp3) is 0.286. The van der Waals surface area contributed by atoms with E-state index in [-0.39, 0.29) is 18.2 Å². The lowest BCUT2D eigenvalue weighted by atomic mass is 10.1. The lowest BCUT2D eigenvalue weighted by molar-refractivity contribution is -0.384. The van der Waals surface area contributed by atoms with E-state index < -0.39 is 10.9 Å². The first kappa shape index (κ1) is 14.7. The zero-order chi connectivity index (χ0) is 15.6. The highest BCUT2D eigenvalue weighted by Crippen LogP contribution is 2.27. The lowest BCUT2D eigenvalue weighted by Gasteiger charge is -2.15. The Bertz CT molecular complexity index is 715. The van der Waals surface area contributed by atoms with Gasteiger partial charge in [0.15, 0.2) is 0 Å². The molecule has 1 aromatic carbocycles. The van der Waals surface area contributed by atoms with Crippen LogP contribution in [0.15, 0.2) is 24.3 Å². The Hall–Kier alpha value is -2.70. The SMILES string of the molecule is Cc1cc(NC(C)CC(=O)O)c2cc([N+](=O)[O-])ccc2n1. The molecule has 0 saturated heterocycles. The van der Waals surface area contributed by atoms with Gasteiger partial charge in [-0.05, 0) is 26.0 Å². The molecule has 0 aliphatic carbocycles. The molecule has 2 rings (SSSR count). The third-order valence-electron chi connectivity index (χ3n) is 3.01. The van der Waals surface area contributed by atoms with E-state index in [0.29, 0.717) is 16.6 Å². The maximum Gasteiger partial charge on any atom is 0.305 e. The zero-order valence-corrected chi connectivity index (χ0v) is 11.7. The largest absolute Gasteiger partial charge is 0.481 e. The number of nitro benzene ring substituents is 1. The molecule has 1 atom stereocenters. The van der Waals surface area contributed by atoms with Gasteiger partial charge in [-0.1, -0.05) is 0 Å². The molecule has 0 aliphatic rings. The van der Waals surface area contributed by atoms with Crippen LogP contribution in [0.2, 0.25) is 0 Å². The molecule has 1 aromatic heterocycles. The van der Waals surface area contributed by atoms with Gasteiger partial charge in [-0.25, -0.2) is 0 Å². The highest BCUT2D eigenvalue weighted by Gasteiger charge is 2.13. The van der Waals surface area contributed by atoms with Crippen molar-refractivity contribution >= 4 is 28.2 Å². The summed E-state index contributed by atoms with van der Waals surface area (Å²) in [5.41, 5.74) is 2.00. The Morgan fingerprint density at radius 1 is 1.48 bits per heavy atom. The molecule has 2 N–H and O–H groups in total. The second-order valence-electron chi connectivity index (χ2n) is 4.91. The molecule has 0 saturated carbocycles. The summed E-state index contributed by atoms with van der Waals surface area (Å²) in [6, 6.07) is 5.89. The van der Waals surface area contributed by atoms with Gasteiger partial charge in [0.25, 0.3) is 5.69 Å². The van der Waals surface area contributed by atoms with Gasteiger partial charge in [-0.15, -0.1) is 0 Å². The molecular formula is C14H15N3O4. The van der Waals surface area contributed by atoms with Crippen molar-refractivity contribution in [2.75, 3.05) is 5.32 Å². The maximum absolute atomic E-state index is 10.9. The number of hydrogen-bond donors (Lipinski definition) is 2. The summed E-state index contributed by atoms with van der Waals surface area (Å²) in [7, 11) is 0. The number of pyridine rings is 1. The number of rotatable bonds is 5. The minimum absolute atomic E-state index is 0.0258. The average Bonchev–Trinajstić information content (AvgIpc) is 2.36. The van der Waals surface area contributed by atoms with E-state index in [9.17, 15) is 14.9 Å². The topological polar surface area (TPSA) is 105 Å². The van der Waals surface area contributed by atoms with Gasteiger partial charge in [-0.3, -0.25) is 19.9 Å². The predicted molar refractivity (Wildman–Crippen MR) is 78.5 cm³/mol. The number of nitrogens with one attached hydrogen (secondary N) is 1. The number of nitrogens with zero attached hydrogens (tertiary/aromatic N) is 2. The van der Waals surface area contributed by atoms with Crippen molar-refractivity contribution in [3.63, 3.8) is 0 Å². The number of aliphatic carboxylic acids is 1. The Kier molecular flexibility index (Phi) is 4.02. The van der Waals surface area contributed by atoms with E-state index in [1.54, 1.807) is 19.1 Å². The van der Waals surface area contributed by atoms with Gasteiger partial charge in [0.05, 0.1) is 16.9 Å². The Labute approximate surface area is 120 Å². The van der Waals surface area contributed by atoms with E-state index in [4.69, 9.17) is 5.11 Å². The Morgan fingerprint density at radius 2 is 2.19 bits per heavy atom. The van der Waals surface area contributed by atoms with Crippen molar-refractivity contribution in [3.05, 3.63) is 40.1 Å². The smallest absolute Gasteiger partial charge is 0.305 e.